The van der Waals surface area contributed by atoms with Crippen LogP contribution in [0.4, 0.5) is 20.2 Å². The second-order valence-corrected chi connectivity index (χ2v) is 6.23. The number of benzene rings is 2. The van der Waals surface area contributed by atoms with E-state index in [1.165, 1.54) is 18.2 Å². The van der Waals surface area contributed by atoms with Crippen molar-refractivity contribution in [3.05, 3.63) is 53.1 Å². The Kier molecular flexibility index (Phi) is 5.37. The average Bonchev–Trinajstić information content (AvgIpc) is 3.42. The molecule has 3 rings (SSSR count). The van der Waals surface area contributed by atoms with E-state index in [2.05, 4.69) is 15.4 Å². The van der Waals surface area contributed by atoms with E-state index in [4.69, 9.17) is 11.6 Å². The molecule has 0 aromatic heterocycles. The maximum Gasteiger partial charge on any atom is 0.387 e. The molecule has 2 aromatic carbocycles. The van der Waals surface area contributed by atoms with Gasteiger partial charge >= 0.3 is 6.61 Å². The molecule has 8 heteroatoms. The first-order valence-corrected chi connectivity index (χ1v) is 8.27. The number of amides is 2. The lowest BCUT2D eigenvalue weighted by Crippen LogP contribution is -2.15. The highest BCUT2D eigenvalue weighted by molar-refractivity contribution is 6.32. The summed E-state index contributed by atoms with van der Waals surface area (Å²) in [5, 5.41) is 5.34. The Labute approximate surface area is 153 Å². The lowest BCUT2D eigenvalue weighted by Gasteiger charge is -2.10. The molecular weight excluding hydrogens is 366 g/mol. The van der Waals surface area contributed by atoms with Crippen LogP contribution in [0.5, 0.6) is 5.75 Å². The van der Waals surface area contributed by atoms with Gasteiger partial charge in [-0.25, -0.2) is 0 Å². The molecule has 1 saturated carbocycles. The van der Waals surface area contributed by atoms with Crippen LogP contribution in [-0.4, -0.2) is 18.4 Å². The smallest absolute Gasteiger partial charge is 0.387 e. The Bertz CT molecular complexity index is 841. The molecule has 136 valence electrons. The van der Waals surface area contributed by atoms with Gasteiger partial charge in [0.1, 0.15) is 5.75 Å². The van der Waals surface area contributed by atoms with Gasteiger partial charge in [-0.05, 0) is 49.2 Å². The van der Waals surface area contributed by atoms with Crippen molar-refractivity contribution in [2.75, 3.05) is 10.6 Å². The highest BCUT2D eigenvalue weighted by Gasteiger charge is 2.29. The monoisotopic (exact) mass is 380 g/mol. The van der Waals surface area contributed by atoms with Crippen molar-refractivity contribution in [1.82, 2.24) is 0 Å². The Morgan fingerprint density at radius 1 is 1.08 bits per heavy atom. The number of rotatable bonds is 6. The van der Waals surface area contributed by atoms with E-state index < -0.39 is 12.5 Å². The summed E-state index contributed by atoms with van der Waals surface area (Å²) in [5.74, 6) is -0.594. The van der Waals surface area contributed by atoms with Crippen LogP contribution in [0.2, 0.25) is 5.02 Å². The minimum Gasteiger partial charge on any atom is -0.433 e. The number of nitrogens with one attached hydrogen (secondary N) is 2. The fourth-order valence-electron chi connectivity index (χ4n) is 2.30. The molecule has 0 atom stereocenters. The average molecular weight is 381 g/mol. The normalized spacial score (nSPS) is 13.4. The first kappa shape index (κ1) is 18.1. The third kappa shape index (κ3) is 4.70. The highest BCUT2D eigenvalue weighted by Crippen LogP contribution is 2.31. The van der Waals surface area contributed by atoms with Crippen molar-refractivity contribution in [2.24, 2.45) is 5.92 Å². The van der Waals surface area contributed by atoms with Gasteiger partial charge in [-0.15, -0.1) is 0 Å². The highest BCUT2D eigenvalue weighted by atomic mass is 35.5. The van der Waals surface area contributed by atoms with Crippen molar-refractivity contribution in [3.8, 4) is 5.75 Å². The summed E-state index contributed by atoms with van der Waals surface area (Å²) >= 11 is 5.86. The van der Waals surface area contributed by atoms with Crippen molar-refractivity contribution in [3.63, 3.8) is 0 Å². The van der Waals surface area contributed by atoms with E-state index >= 15 is 0 Å². The number of carbonyl (C=O) groups excluding carboxylic acids is 2. The predicted molar refractivity (Wildman–Crippen MR) is 93.8 cm³/mol. The van der Waals surface area contributed by atoms with Gasteiger partial charge in [-0.2, -0.15) is 8.78 Å². The second-order valence-electron chi connectivity index (χ2n) is 5.82. The fourth-order valence-corrected chi connectivity index (χ4v) is 2.53. The Balaban J connectivity index is 1.67. The number of hydrogen-bond acceptors (Lipinski definition) is 3. The van der Waals surface area contributed by atoms with E-state index in [0.717, 1.165) is 12.8 Å². The summed E-state index contributed by atoms with van der Waals surface area (Å²) in [7, 11) is 0. The predicted octanol–water partition coefficient (Wildman–Crippen LogP) is 4.54. The number of halogens is 3. The molecule has 0 radical (unpaired) electrons. The minimum atomic E-state index is -2.98. The summed E-state index contributed by atoms with van der Waals surface area (Å²) in [5.41, 5.74) is 1.20. The van der Waals surface area contributed by atoms with Gasteiger partial charge in [0.2, 0.25) is 5.91 Å². The van der Waals surface area contributed by atoms with Gasteiger partial charge in [0.05, 0.1) is 5.02 Å². The maximum absolute atomic E-state index is 12.4. The SMILES string of the molecule is O=C(Nc1ccc(OC(F)F)c(Cl)c1)c1cccc(NC(=O)C2CC2)c1. The molecule has 0 spiro atoms. The zero-order chi connectivity index (χ0) is 18.7. The molecule has 0 aliphatic heterocycles. The summed E-state index contributed by atoms with van der Waals surface area (Å²) < 4.78 is 28.7. The zero-order valence-electron chi connectivity index (χ0n) is 13.5. The van der Waals surface area contributed by atoms with Crippen LogP contribution in [0, 0.1) is 5.92 Å². The van der Waals surface area contributed by atoms with Gasteiger partial charge in [-0.1, -0.05) is 17.7 Å². The van der Waals surface area contributed by atoms with Crippen LogP contribution in [0.15, 0.2) is 42.5 Å². The summed E-state index contributed by atoms with van der Waals surface area (Å²) in [6, 6.07) is 10.5. The Hall–Kier alpha value is -2.67. The summed E-state index contributed by atoms with van der Waals surface area (Å²) in [6.45, 7) is -2.98. The van der Waals surface area contributed by atoms with Gasteiger partial charge in [0.25, 0.3) is 5.91 Å². The third-order valence-electron chi connectivity index (χ3n) is 3.75. The van der Waals surface area contributed by atoms with Gasteiger partial charge < -0.3 is 15.4 Å². The van der Waals surface area contributed by atoms with Crippen LogP contribution < -0.4 is 15.4 Å². The van der Waals surface area contributed by atoms with E-state index in [-0.39, 0.29) is 22.6 Å². The number of ether oxygens (including phenoxy) is 1. The molecule has 0 saturated heterocycles. The number of hydrogen-bond donors (Lipinski definition) is 2. The van der Waals surface area contributed by atoms with Crippen molar-refractivity contribution in [2.45, 2.75) is 19.5 Å². The van der Waals surface area contributed by atoms with E-state index in [9.17, 15) is 18.4 Å². The molecule has 5 nitrogen and oxygen atoms in total. The molecule has 0 unspecified atom stereocenters. The summed E-state index contributed by atoms with van der Waals surface area (Å²) in [6.07, 6.45) is 1.77. The van der Waals surface area contributed by atoms with Gasteiger partial charge in [-0.3, -0.25) is 9.59 Å². The molecule has 0 bridgehead atoms. The molecule has 1 aliphatic rings. The van der Waals surface area contributed by atoms with Crippen LogP contribution in [0.3, 0.4) is 0 Å². The standard InChI is InChI=1S/C18H15ClF2N2O3/c19-14-9-13(6-7-15(14)26-18(20)21)23-17(25)11-2-1-3-12(8-11)22-16(24)10-4-5-10/h1-3,6-10,18H,4-5H2,(H,22,24)(H,23,25). The number of alkyl halides is 2. The van der Waals surface area contributed by atoms with Crippen molar-refractivity contribution >= 4 is 34.8 Å². The van der Waals surface area contributed by atoms with Crippen molar-refractivity contribution in [1.29, 1.82) is 0 Å². The third-order valence-corrected chi connectivity index (χ3v) is 4.04. The molecule has 1 aliphatic carbocycles. The second kappa shape index (κ2) is 7.70. The fraction of sp³-hybridized carbons (Fsp3) is 0.222. The first-order valence-electron chi connectivity index (χ1n) is 7.89. The molecule has 2 aromatic rings. The summed E-state index contributed by atoms with van der Waals surface area (Å²) in [4.78, 5) is 24.2. The van der Waals surface area contributed by atoms with Crippen molar-refractivity contribution < 1.29 is 23.1 Å². The Morgan fingerprint density at radius 2 is 1.81 bits per heavy atom. The topological polar surface area (TPSA) is 67.4 Å². The quantitative estimate of drug-likeness (QED) is 0.773. The molecule has 0 heterocycles. The Morgan fingerprint density at radius 3 is 2.46 bits per heavy atom. The maximum atomic E-state index is 12.4. The minimum absolute atomic E-state index is 0.0476. The van der Waals surface area contributed by atoms with E-state index in [1.54, 1.807) is 24.3 Å². The lowest BCUT2D eigenvalue weighted by atomic mass is 10.1. The molecule has 26 heavy (non-hydrogen) atoms. The molecule has 1 fully saturated rings. The van der Waals surface area contributed by atoms with E-state index in [1.807, 2.05) is 0 Å². The number of anilines is 2. The lowest BCUT2D eigenvalue weighted by molar-refractivity contribution is -0.117. The van der Waals surface area contributed by atoms with Crippen LogP contribution >= 0.6 is 11.6 Å². The van der Waals surface area contributed by atoms with E-state index in [0.29, 0.717) is 16.9 Å². The molecule has 2 N–H and O–H groups in total. The van der Waals surface area contributed by atoms with Crippen LogP contribution in [-0.2, 0) is 4.79 Å². The van der Waals surface area contributed by atoms with Gasteiger partial charge in [0.15, 0.2) is 0 Å². The molecular formula is C18H15ClF2N2O3. The molecule has 2 amide bonds. The largest absolute Gasteiger partial charge is 0.433 e. The zero-order valence-corrected chi connectivity index (χ0v) is 14.2. The van der Waals surface area contributed by atoms with Crippen LogP contribution in [0.25, 0.3) is 0 Å². The number of carbonyl (C=O) groups is 2. The first-order chi connectivity index (χ1) is 12.4. The van der Waals surface area contributed by atoms with Crippen LogP contribution in [0.1, 0.15) is 23.2 Å². The van der Waals surface area contributed by atoms with Gasteiger partial charge in [0, 0.05) is 22.9 Å².